The molecule has 0 aliphatic heterocycles. The maximum absolute atomic E-state index is 11.2. The largest absolute Gasteiger partial charge is 0.463 e. The maximum atomic E-state index is 11.2. The summed E-state index contributed by atoms with van der Waals surface area (Å²) in [5.41, 5.74) is 0.422. The molecule has 0 atom stereocenters. The molecule has 0 saturated heterocycles. The highest BCUT2D eigenvalue weighted by molar-refractivity contribution is 5.71. The molecule has 1 rings (SSSR count). The maximum Gasteiger partial charge on any atom is 0.344 e. The molecule has 0 saturated carbocycles. The number of aromatic nitrogens is 1. The Bertz CT molecular complexity index is 488. The van der Waals surface area contributed by atoms with E-state index in [4.69, 9.17) is 9.47 Å². The first-order valence-electron chi connectivity index (χ1n) is 6.36. The summed E-state index contributed by atoms with van der Waals surface area (Å²) in [6.07, 6.45) is 0.674. The Labute approximate surface area is 117 Å². The molecule has 0 fully saturated rings. The highest BCUT2D eigenvalue weighted by atomic mass is 16.6. The number of hydrogen-bond acceptors (Lipinski definition) is 6. The van der Waals surface area contributed by atoms with Gasteiger partial charge in [-0.15, -0.1) is 0 Å². The first-order valence-corrected chi connectivity index (χ1v) is 6.36. The van der Waals surface area contributed by atoms with Crippen molar-refractivity contribution in [3.63, 3.8) is 0 Å². The zero-order valence-corrected chi connectivity index (χ0v) is 11.8. The van der Waals surface area contributed by atoms with E-state index in [1.165, 1.54) is 6.07 Å². The molecule has 7 nitrogen and oxygen atoms in total. The van der Waals surface area contributed by atoms with E-state index >= 15 is 0 Å². The number of hydrogen-bond donors (Lipinski definition) is 0. The fourth-order valence-electron chi connectivity index (χ4n) is 1.58. The molecule has 7 heteroatoms. The third-order valence-corrected chi connectivity index (χ3v) is 2.34. The van der Waals surface area contributed by atoms with Crippen LogP contribution in [0.2, 0.25) is 0 Å². The molecule has 1 aromatic rings. The van der Waals surface area contributed by atoms with Crippen molar-refractivity contribution in [2.24, 2.45) is 5.92 Å². The van der Waals surface area contributed by atoms with Crippen LogP contribution in [0, 0.1) is 16.0 Å². The zero-order chi connectivity index (χ0) is 15.1. The third kappa shape index (κ3) is 4.83. The minimum atomic E-state index is -0.591. The zero-order valence-electron chi connectivity index (χ0n) is 11.8. The summed E-state index contributed by atoms with van der Waals surface area (Å²) in [6.45, 7) is 5.53. The first kappa shape index (κ1) is 15.9. The quantitative estimate of drug-likeness (QED) is 0.432. The number of carbonyl (C=O) groups is 1. The van der Waals surface area contributed by atoms with Gasteiger partial charge in [0.25, 0.3) is 5.88 Å². The molecule has 0 radical (unpaired) electrons. The number of nitrogens with zero attached hydrogens (tertiary/aromatic N) is 2. The number of esters is 1. The van der Waals surface area contributed by atoms with Crippen LogP contribution < -0.4 is 4.74 Å². The Morgan fingerprint density at radius 2 is 2.15 bits per heavy atom. The average Bonchev–Trinajstić information content (AvgIpc) is 2.35. The van der Waals surface area contributed by atoms with Crippen molar-refractivity contribution < 1.29 is 19.2 Å². The Hall–Kier alpha value is -2.18. The molecule has 20 heavy (non-hydrogen) atoms. The molecular weight excluding hydrogens is 264 g/mol. The summed E-state index contributed by atoms with van der Waals surface area (Å²) < 4.78 is 9.80. The molecule has 0 aliphatic carbocycles. The van der Waals surface area contributed by atoms with Gasteiger partial charge in [-0.05, 0) is 25.3 Å². The molecule has 0 unspecified atom stereocenters. The van der Waals surface area contributed by atoms with Gasteiger partial charge in [0.15, 0.2) is 6.61 Å². The molecule has 110 valence electrons. The predicted octanol–water partition coefficient (Wildman–Crippen LogP) is 2.13. The third-order valence-electron chi connectivity index (χ3n) is 2.34. The Morgan fingerprint density at radius 3 is 2.70 bits per heavy atom. The van der Waals surface area contributed by atoms with Crippen molar-refractivity contribution in [3.8, 4) is 5.88 Å². The number of pyridine rings is 1. The van der Waals surface area contributed by atoms with Crippen molar-refractivity contribution in [1.29, 1.82) is 0 Å². The van der Waals surface area contributed by atoms with Gasteiger partial charge in [0.2, 0.25) is 0 Å². The lowest BCUT2D eigenvalue weighted by Crippen LogP contribution is -2.16. The molecule has 1 aromatic heterocycles. The highest BCUT2D eigenvalue weighted by Crippen LogP contribution is 2.25. The van der Waals surface area contributed by atoms with Gasteiger partial charge in [-0.2, -0.15) is 0 Å². The van der Waals surface area contributed by atoms with E-state index in [2.05, 4.69) is 4.98 Å². The van der Waals surface area contributed by atoms with Crippen molar-refractivity contribution in [2.45, 2.75) is 27.2 Å². The van der Waals surface area contributed by atoms with Crippen LogP contribution in [0.15, 0.2) is 12.1 Å². The normalized spacial score (nSPS) is 10.4. The van der Waals surface area contributed by atoms with Crippen LogP contribution >= 0.6 is 0 Å². The number of carbonyl (C=O) groups excluding carboxylic acids is 1. The summed E-state index contributed by atoms with van der Waals surface area (Å²) in [5, 5.41) is 10.9. The van der Waals surface area contributed by atoms with Crippen LogP contribution in [0.5, 0.6) is 5.88 Å². The van der Waals surface area contributed by atoms with Crippen LogP contribution in [-0.2, 0) is 16.0 Å². The van der Waals surface area contributed by atoms with Crippen LogP contribution in [0.1, 0.15) is 26.5 Å². The first-order chi connectivity index (χ1) is 9.43. The van der Waals surface area contributed by atoms with Crippen LogP contribution in [-0.4, -0.2) is 29.1 Å². The molecule has 0 amide bonds. The summed E-state index contributed by atoms with van der Waals surface area (Å²) >= 11 is 0. The smallest absolute Gasteiger partial charge is 0.344 e. The summed E-state index contributed by atoms with van der Waals surface area (Å²) in [6, 6.07) is 2.93. The molecule has 0 aromatic carbocycles. The molecule has 0 N–H and O–H groups in total. The van der Waals surface area contributed by atoms with Gasteiger partial charge in [-0.3, -0.25) is 10.1 Å². The summed E-state index contributed by atoms with van der Waals surface area (Å²) in [7, 11) is 0. The average molecular weight is 282 g/mol. The van der Waals surface area contributed by atoms with Crippen LogP contribution in [0.3, 0.4) is 0 Å². The van der Waals surface area contributed by atoms with Gasteiger partial charge >= 0.3 is 11.7 Å². The van der Waals surface area contributed by atoms with Crippen LogP contribution in [0.25, 0.3) is 0 Å². The minimum absolute atomic E-state index is 0.152. The summed E-state index contributed by atoms with van der Waals surface area (Å²) in [4.78, 5) is 25.6. The lowest BCUT2D eigenvalue weighted by atomic mass is 10.1. The topological polar surface area (TPSA) is 91.6 Å². The molecule has 0 aliphatic rings. The SMILES string of the molecule is CCOC(=O)COc1nc(CC(C)C)ccc1[N+](=O)[O-]. The van der Waals surface area contributed by atoms with Crippen molar-refractivity contribution in [1.82, 2.24) is 4.98 Å². The Morgan fingerprint density at radius 1 is 1.45 bits per heavy atom. The van der Waals surface area contributed by atoms with E-state index in [0.717, 1.165) is 0 Å². The van der Waals surface area contributed by atoms with E-state index in [0.29, 0.717) is 18.0 Å². The second-order valence-corrected chi connectivity index (χ2v) is 4.58. The molecule has 0 spiro atoms. The number of ether oxygens (including phenoxy) is 2. The Kier molecular flexibility index (Phi) is 5.89. The van der Waals surface area contributed by atoms with Gasteiger partial charge in [0.05, 0.1) is 11.5 Å². The lowest BCUT2D eigenvalue weighted by Gasteiger charge is -2.08. The Balaban J connectivity index is 2.88. The number of nitro groups is 1. The fraction of sp³-hybridized carbons (Fsp3) is 0.538. The summed E-state index contributed by atoms with van der Waals surface area (Å²) in [5.74, 6) is -0.374. The standard InChI is InChI=1S/C13H18N2O5/c1-4-19-12(16)8-20-13-11(15(17)18)6-5-10(14-13)7-9(2)3/h5-6,9H,4,7-8H2,1-3H3. The fourth-order valence-corrected chi connectivity index (χ4v) is 1.58. The molecular formula is C13H18N2O5. The van der Waals surface area contributed by atoms with Gasteiger partial charge in [0.1, 0.15) is 0 Å². The van der Waals surface area contributed by atoms with E-state index < -0.39 is 17.5 Å². The second-order valence-electron chi connectivity index (χ2n) is 4.58. The van der Waals surface area contributed by atoms with E-state index in [9.17, 15) is 14.9 Å². The number of rotatable bonds is 7. The second kappa shape index (κ2) is 7.42. The predicted molar refractivity (Wildman–Crippen MR) is 71.6 cm³/mol. The van der Waals surface area contributed by atoms with E-state index in [1.807, 2.05) is 13.8 Å². The van der Waals surface area contributed by atoms with Crippen LogP contribution in [0.4, 0.5) is 5.69 Å². The van der Waals surface area contributed by atoms with E-state index in [1.54, 1.807) is 13.0 Å². The monoisotopic (exact) mass is 282 g/mol. The van der Waals surface area contributed by atoms with Crippen molar-refractivity contribution in [3.05, 3.63) is 27.9 Å². The lowest BCUT2D eigenvalue weighted by molar-refractivity contribution is -0.386. The van der Waals surface area contributed by atoms with Gasteiger partial charge < -0.3 is 9.47 Å². The highest BCUT2D eigenvalue weighted by Gasteiger charge is 2.19. The van der Waals surface area contributed by atoms with Gasteiger partial charge in [-0.25, -0.2) is 9.78 Å². The molecule has 1 heterocycles. The van der Waals surface area contributed by atoms with Gasteiger partial charge in [0, 0.05) is 11.8 Å². The molecule has 0 bridgehead atoms. The minimum Gasteiger partial charge on any atom is -0.463 e. The van der Waals surface area contributed by atoms with E-state index in [-0.39, 0.29) is 18.2 Å². The van der Waals surface area contributed by atoms with Crippen molar-refractivity contribution in [2.75, 3.05) is 13.2 Å². The van der Waals surface area contributed by atoms with Crippen molar-refractivity contribution >= 4 is 11.7 Å². The van der Waals surface area contributed by atoms with Gasteiger partial charge in [-0.1, -0.05) is 13.8 Å².